The number of carbonyl (C=O) groups is 2. The number of halogens is 1. The van der Waals surface area contributed by atoms with Crippen molar-refractivity contribution in [1.29, 1.82) is 0 Å². The SMILES string of the molecule is Cc1ccccc1OCC(=O)N1CCN(C(=O)c2ccccc2Cl)CC1. The summed E-state index contributed by atoms with van der Waals surface area (Å²) in [6.07, 6.45) is 0. The Hall–Kier alpha value is -2.53. The lowest BCUT2D eigenvalue weighted by atomic mass is 10.2. The summed E-state index contributed by atoms with van der Waals surface area (Å²) in [6.45, 7) is 3.90. The molecule has 2 aromatic carbocycles. The molecule has 0 bridgehead atoms. The molecule has 0 N–H and O–H groups in total. The first-order valence-corrected chi connectivity index (χ1v) is 8.94. The second-order valence-electron chi connectivity index (χ2n) is 6.21. The van der Waals surface area contributed by atoms with Gasteiger partial charge in [-0.3, -0.25) is 9.59 Å². The maximum Gasteiger partial charge on any atom is 0.260 e. The average Bonchev–Trinajstić information content (AvgIpc) is 2.67. The predicted molar refractivity (Wildman–Crippen MR) is 101 cm³/mol. The molecular weight excluding hydrogens is 352 g/mol. The summed E-state index contributed by atoms with van der Waals surface area (Å²) < 4.78 is 5.62. The Kier molecular flexibility index (Phi) is 5.78. The van der Waals surface area contributed by atoms with Gasteiger partial charge in [0.05, 0.1) is 10.6 Å². The van der Waals surface area contributed by atoms with Crippen LogP contribution >= 0.6 is 11.6 Å². The van der Waals surface area contributed by atoms with Gasteiger partial charge in [0.1, 0.15) is 5.75 Å². The fourth-order valence-corrected chi connectivity index (χ4v) is 3.13. The molecule has 2 amide bonds. The van der Waals surface area contributed by atoms with Gasteiger partial charge in [0.2, 0.25) is 0 Å². The standard InChI is InChI=1S/C20H21ClN2O3/c1-15-6-2-5-9-18(15)26-14-19(24)22-10-12-23(13-11-22)20(25)16-7-3-4-8-17(16)21/h2-9H,10-14H2,1H3. The van der Waals surface area contributed by atoms with Gasteiger partial charge < -0.3 is 14.5 Å². The van der Waals surface area contributed by atoms with E-state index in [1.807, 2.05) is 31.2 Å². The van der Waals surface area contributed by atoms with Crippen LogP contribution in [0.4, 0.5) is 0 Å². The number of amides is 2. The molecule has 0 aromatic heterocycles. The van der Waals surface area contributed by atoms with Gasteiger partial charge >= 0.3 is 0 Å². The van der Waals surface area contributed by atoms with E-state index in [1.165, 1.54) is 0 Å². The first-order chi connectivity index (χ1) is 12.6. The van der Waals surface area contributed by atoms with E-state index in [0.29, 0.717) is 42.5 Å². The number of ether oxygens (including phenoxy) is 1. The Labute approximate surface area is 158 Å². The Morgan fingerprint density at radius 3 is 2.27 bits per heavy atom. The van der Waals surface area contributed by atoms with E-state index in [2.05, 4.69) is 0 Å². The lowest BCUT2D eigenvalue weighted by Gasteiger charge is -2.34. The topological polar surface area (TPSA) is 49.9 Å². The van der Waals surface area contributed by atoms with E-state index < -0.39 is 0 Å². The first kappa shape index (κ1) is 18.3. The number of hydrogen-bond acceptors (Lipinski definition) is 3. The molecule has 1 aliphatic rings. The number of piperazine rings is 1. The molecule has 0 aliphatic carbocycles. The molecule has 1 fully saturated rings. The molecule has 1 heterocycles. The van der Waals surface area contributed by atoms with E-state index in [1.54, 1.807) is 34.1 Å². The molecule has 5 nitrogen and oxygen atoms in total. The highest BCUT2D eigenvalue weighted by molar-refractivity contribution is 6.33. The third kappa shape index (κ3) is 4.17. The third-order valence-corrected chi connectivity index (χ3v) is 4.80. The Morgan fingerprint density at radius 2 is 1.58 bits per heavy atom. The monoisotopic (exact) mass is 372 g/mol. The highest BCUT2D eigenvalue weighted by Gasteiger charge is 2.26. The number of aryl methyl sites for hydroxylation is 1. The third-order valence-electron chi connectivity index (χ3n) is 4.47. The van der Waals surface area contributed by atoms with E-state index in [9.17, 15) is 9.59 Å². The maximum absolute atomic E-state index is 12.6. The zero-order valence-corrected chi connectivity index (χ0v) is 15.4. The van der Waals surface area contributed by atoms with Gasteiger partial charge in [0, 0.05) is 26.2 Å². The van der Waals surface area contributed by atoms with E-state index in [0.717, 1.165) is 5.56 Å². The molecule has 1 aliphatic heterocycles. The van der Waals surface area contributed by atoms with Crippen LogP contribution in [0, 0.1) is 6.92 Å². The molecule has 0 spiro atoms. The van der Waals surface area contributed by atoms with Gasteiger partial charge in [0.25, 0.3) is 11.8 Å². The lowest BCUT2D eigenvalue weighted by molar-refractivity contribution is -0.134. The minimum Gasteiger partial charge on any atom is -0.484 e. The van der Waals surface area contributed by atoms with E-state index in [-0.39, 0.29) is 18.4 Å². The van der Waals surface area contributed by atoms with Gasteiger partial charge in [-0.2, -0.15) is 0 Å². The molecular formula is C20H21ClN2O3. The fraction of sp³-hybridized carbons (Fsp3) is 0.300. The van der Waals surface area contributed by atoms with Gasteiger partial charge in [-0.25, -0.2) is 0 Å². The van der Waals surface area contributed by atoms with Crippen molar-refractivity contribution in [2.24, 2.45) is 0 Å². The number of hydrogen-bond donors (Lipinski definition) is 0. The van der Waals surface area contributed by atoms with Gasteiger partial charge in [-0.1, -0.05) is 41.9 Å². The summed E-state index contributed by atoms with van der Waals surface area (Å²) >= 11 is 6.10. The Bertz CT molecular complexity index is 801. The van der Waals surface area contributed by atoms with Crippen LogP contribution in [0.1, 0.15) is 15.9 Å². The normalized spacial score (nSPS) is 14.2. The van der Waals surface area contributed by atoms with Crippen molar-refractivity contribution >= 4 is 23.4 Å². The van der Waals surface area contributed by atoms with Crippen molar-refractivity contribution in [1.82, 2.24) is 9.80 Å². The van der Waals surface area contributed by atoms with Crippen molar-refractivity contribution < 1.29 is 14.3 Å². The number of para-hydroxylation sites is 1. The van der Waals surface area contributed by atoms with Crippen LogP contribution in [0.5, 0.6) is 5.75 Å². The molecule has 26 heavy (non-hydrogen) atoms. The summed E-state index contributed by atoms with van der Waals surface area (Å²) in [5.74, 6) is 0.547. The maximum atomic E-state index is 12.6. The van der Waals surface area contributed by atoms with Crippen LogP contribution < -0.4 is 4.74 Å². The van der Waals surface area contributed by atoms with Crippen molar-refractivity contribution in [3.8, 4) is 5.75 Å². The van der Waals surface area contributed by atoms with Crippen LogP contribution in [-0.2, 0) is 4.79 Å². The summed E-state index contributed by atoms with van der Waals surface area (Å²) in [5.41, 5.74) is 1.49. The van der Waals surface area contributed by atoms with Crippen LogP contribution in [0.15, 0.2) is 48.5 Å². The molecule has 1 saturated heterocycles. The molecule has 136 valence electrons. The van der Waals surface area contributed by atoms with Crippen molar-refractivity contribution in [3.63, 3.8) is 0 Å². The molecule has 0 atom stereocenters. The second kappa shape index (κ2) is 8.23. The number of rotatable bonds is 4. The zero-order valence-electron chi connectivity index (χ0n) is 14.7. The highest BCUT2D eigenvalue weighted by atomic mass is 35.5. The minimum atomic E-state index is -0.0983. The van der Waals surface area contributed by atoms with Crippen molar-refractivity contribution in [2.75, 3.05) is 32.8 Å². The summed E-state index contributed by atoms with van der Waals surface area (Å²) in [4.78, 5) is 28.4. The van der Waals surface area contributed by atoms with Crippen molar-refractivity contribution in [2.45, 2.75) is 6.92 Å². The van der Waals surface area contributed by atoms with E-state index >= 15 is 0 Å². The summed E-state index contributed by atoms with van der Waals surface area (Å²) in [7, 11) is 0. The summed E-state index contributed by atoms with van der Waals surface area (Å²) in [6, 6.07) is 14.6. The number of benzene rings is 2. The van der Waals surface area contributed by atoms with E-state index in [4.69, 9.17) is 16.3 Å². The number of carbonyl (C=O) groups excluding carboxylic acids is 2. The lowest BCUT2D eigenvalue weighted by Crippen LogP contribution is -2.51. The van der Waals surface area contributed by atoms with Gasteiger partial charge in [-0.05, 0) is 30.7 Å². The summed E-state index contributed by atoms with van der Waals surface area (Å²) in [5, 5.41) is 0.447. The number of nitrogens with zero attached hydrogens (tertiary/aromatic N) is 2. The highest BCUT2D eigenvalue weighted by Crippen LogP contribution is 2.19. The zero-order chi connectivity index (χ0) is 18.5. The average molecular weight is 373 g/mol. The fourth-order valence-electron chi connectivity index (χ4n) is 2.91. The molecule has 0 radical (unpaired) electrons. The predicted octanol–water partition coefficient (Wildman–Crippen LogP) is 3.01. The quantitative estimate of drug-likeness (QED) is 0.829. The van der Waals surface area contributed by atoms with Gasteiger partial charge in [-0.15, -0.1) is 0 Å². The van der Waals surface area contributed by atoms with Gasteiger partial charge in [0.15, 0.2) is 6.61 Å². The van der Waals surface area contributed by atoms with Crippen LogP contribution in [-0.4, -0.2) is 54.4 Å². The minimum absolute atomic E-state index is 0.00329. The van der Waals surface area contributed by atoms with Crippen LogP contribution in [0.25, 0.3) is 0 Å². The molecule has 3 rings (SSSR count). The van der Waals surface area contributed by atoms with Crippen LogP contribution in [0.3, 0.4) is 0 Å². The molecule has 2 aromatic rings. The van der Waals surface area contributed by atoms with Crippen LogP contribution in [0.2, 0.25) is 5.02 Å². The second-order valence-corrected chi connectivity index (χ2v) is 6.61. The Balaban J connectivity index is 1.52. The molecule has 0 saturated carbocycles. The first-order valence-electron chi connectivity index (χ1n) is 8.56. The Morgan fingerprint density at radius 1 is 0.962 bits per heavy atom. The van der Waals surface area contributed by atoms with Crippen molar-refractivity contribution in [3.05, 3.63) is 64.7 Å². The molecule has 0 unspecified atom stereocenters. The smallest absolute Gasteiger partial charge is 0.260 e. The molecule has 6 heteroatoms. The largest absolute Gasteiger partial charge is 0.484 e.